The molecule has 0 saturated heterocycles. The maximum absolute atomic E-state index is 13.4. The Balaban J connectivity index is 1.23. The van der Waals surface area contributed by atoms with E-state index in [1.165, 1.54) is 17.7 Å². The molecule has 0 heterocycles. The summed E-state index contributed by atoms with van der Waals surface area (Å²) in [5, 5.41) is 6.01. The van der Waals surface area contributed by atoms with Crippen LogP contribution in [0.4, 0.5) is 4.39 Å². The number of benzene rings is 2. The van der Waals surface area contributed by atoms with Crippen molar-refractivity contribution < 1.29 is 18.7 Å². The molecule has 3 aliphatic carbocycles. The zero-order valence-electron chi connectivity index (χ0n) is 17.0. The van der Waals surface area contributed by atoms with Crippen molar-refractivity contribution in [2.24, 2.45) is 5.41 Å². The second kappa shape index (κ2) is 7.58. The molecule has 3 aliphatic rings. The molecule has 7 heteroatoms. The number of carbonyl (C=O) groups excluding carboxylic acids is 2. The van der Waals surface area contributed by atoms with E-state index in [0.29, 0.717) is 25.8 Å². The first-order chi connectivity index (χ1) is 14.2. The summed E-state index contributed by atoms with van der Waals surface area (Å²) < 4.78 is 18.8. The Morgan fingerprint density at radius 2 is 1.87 bits per heavy atom. The minimum absolute atomic E-state index is 0.00167. The van der Waals surface area contributed by atoms with Gasteiger partial charge in [0.25, 0.3) is 5.91 Å². The Kier molecular flexibility index (Phi) is 5.22. The van der Waals surface area contributed by atoms with E-state index in [1.807, 2.05) is 13.8 Å². The van der Waals surface area contributed by atoms with E-state index in [2.05, 4.69) is 28.8 Å². The van der Waals surface area contributed by atoms with E-state index in [0.717, 1.165) is 17.2 Å². The zero-order valence-corrected chi connectivity index (χ0v) is 17.7. The van der Waals surface area contributed by atoms with Crippen LogP contribution in [0.3, 0.4) is 0 Å². The van der Waals surface area contributed by atoms with Crippen LogP contribution in [0.5, 0.6) is 5.75 Å². The molecule has 2 amide bonds. The molecule has 2 aromatic rings. The van der Waals surface area contributed by atoms with Gasteiger partial charge in [-0.2, -0.15) is 0 Å². The third kappa shape index (κ3) is 3.88. The zero-order chi connectivity index (χ0) is 21.5. The third-order valence-corrected chi connectivity index (χ3v) is 6.43. The number of nitrogens with one attached hydrogen (secondary N) is 2. The van der Waals surface area contributed by atoms with Crippen LogP contribution in [0.25, 0.3) is 0 Å². The number of hydrogen-bond acceptors (Lipinski definition) is 3. The number of hydrogen-bond donors (Lipinski definition) is 2. The highest BCUT2D eigenvalue weighted by Gasteiger charge is 2.72. The van der Waals surface area contributed by atoms with Gasteiger partial charge in [-0.25, -0.2) is 4.39 Å². The molecule has 2 aromatic carbocycles. The van der Waals surface area contributed by atoms with Crippen LogP contribution >= 0.6 is 11.6 Å². The van der Waals surface area contributed by atoms with Gasteiger partial charge in [-0.05, 0) is 56.4 Å². The highest BCUT2D eigenvalue weighted by Crippen LogP contribution is 2.67. The Labute approximate surface area is 179 Å². The van der Waals surface area contributed by atoms with Crippen LogP contribution in [-0.2, 0) is 16.1 Å². The molecule has 30 heavy (non-hydrogen) atoms. The van der Waals surface area contributed by atoms with Crippen molar-refractivity contribution in [1.82, 2.24) is 10.6 Å². The predicted octanol–water partition coefficient (Wildman–Crippen LogP) is 3.83. The summed E-state index contributed by atoms with van der Waals surface area (Å²) in [5.41, 5.74) is 2.75. The van der Waals surface area contributed by atoms with E-state index >= 15 is 0 Å². The van der Waals surface area contributed by atoms with Gasteiger partial charge in [0.05, 0.1) is 10.4 Å². The molecule has 2 N–H and O–H groups in total. The maximum Gasteiger partial charge on any atom is 0.258 e. The van der Waals surface area contributed by atoms with Crippen molar-refractivity contribution in [3.8, 4) is 5.75 Å². The lowest BCUT2D eigenvalue weighted by Gasteiger charge is -2.69. The largest absolute Gasteiger partial charge is 0.484 e. The van der Waals surface area contributed by atoms with E-state index in [9.17, 15) is 14.0 Å². The van der Waals surface area contributed by atoms with Crippen LogP contribution in [0, 0.1) is 25.1 Å². The minimum Gasteiger partial charge on any atom is -0.484 e. The van der Waals surface area contributed by atoms with Crippen molar-refractivity contribution in [3.63, 3.8) is 0 Å². The molecule has 158 valence electrons. The molecule has 0 unspecified atom stereocenters. The third-order valence-electron chi connectivity index (χ3n) is 6.12. The highest BCUT2D eigenvalue weighted by atomic mass is 35.5. The molecular weight excluding hydrogens is 407 g/mol. The summed E-state index contributed by atoms with van der Waals surface area (Å²) >= 11 is 5.63. The Morgan fingerprint density at radius 1 is 1.13 bits per heavy atom. The van der Waals surface area contributed by atoms with Crippen molar-refractivity contribution in [1.29, 1.82) is 0 Å². The summed E-state index contributed by atoms with van der Waals surface area (Å²) in [4.78, 5) is 24.9. The topological polar surface area (TPSA) is 67.4 Å². The first kappa shape index (κ1) is 20.7. The molecule has 0 aromatic heterocycles. The summed E-state index contributed by atoms with van der Waals surface area (Å²) in [5.74, 6) is -0.586. The van der Waals surface area contributed by atoms with E-state index in [-0.39, 0.29) is 40.1 Å². The van der Waals surface area contributed by atoms with Crippen LogP contribution in [-0.4, -0.2) is 24.0 Å². The second-order valence-electron chi connectivity index (χ2n) is 8.62. The first-order valence-corrected chi connectivity index (χ1v) is 10.3. The van der Waals surface area contributed by atoms with Crippen LogP contribution in [0.1, 0.15) is 36.0 Å². The second-order valence-corrected chi connectivity index (χ2v) is 9.02. The maximum atomic E-state index is 13.4. The Bertz CT molecular complexity index is 1000. The SMILES string of the molecule is Cc1ccc(C)c(CNC(=O)C23CC(NC(=O)COc4ccc(Cl)c(F)c4)(C2)C3)c1. The molecule has 5 nitrogen and oxygen atoms in total. The lowest BCUT2D eigenvalue weighted by molar-refractivity contribution is -0.184. The number of rotatable bonds is 7. The molecule has 0 aliphatic heterocycles. The van der Waals surface area contributed by atoms with E-state index in [1.54, 1.807) is 0 Å². The highest BCUT2D eigenvalue weighted by molar-refractivity contribution is 6.30. The van der Waals surface area contributed by atoms with E-state index in [4.69, 9.17) is 16.3 Å². The number of aryl methyl sites for hydroxylation is 2. The number of amides is 2. The van der Waals surface area contributed by atoms with Crippen molar-refractivity contribution in [3.05, 3.63) is 63.9 Å². The number of halogens is 2. The summed E-state index contributed by atoms with van der Waals surface area (Å²) in [6, 6.07) is 10.2. The normalized spacial score (nSPS) is 23.7. The van der Waals surface area contributed by atoms with Crippen LogP contribution in [0.2, 0.25) is 5.02 Å². The standard InChI is InChI=1S/C23H24ClFN2O3/c1-14-3-4-15(2)16(7-14)9-26-21(29)22-11-23(12-22,13-22)27-20(28)10-30-17-5-6-18(24)19(25)8-17/h3-8H,9-13H2,1-2H3,(H,26,29)(H,27,28). The van der Waals surface area contributed by atoms with Crippen molar-refractivity contribution >= 4 is 23.4 Å². The van der Waals surface area contributed by atoms with E-state index < -0.39 is 5.82 Å². The monoisotopic (exact) mass is 430 g/mol. The van der Waals surface area contributed by atoms with Gasteiger partial charge in [0.1, 0.15) is 11.6 Å². The molecule has 0 radical (unpaired) electrons. The lowest BCUT2D eigenvalue weighted by atomic mass is 9.39. The van der Waals surface area contributed by atoms with Gasteiger partial charge in [-0.3, -0.25) is 9.59 Å². The molecule has 3 saturated carbocycles. The summed E-state index contributed by atoms with van der Waals surface area (Å²) in [7, 11) is 0. The molecule has 0 spiro atoms. The molecular formula is C23H24ClFN2O3. The molecule has 3 fully saturated rings. The van der Waals surface area contributed by atoms with Gasteiger partial charge in [0, 0.05) is 18.2 Å². The molecule has 2 bridgehead atoms. The van der Waals surface area contributed by atoms with Gasteiger partial charge in [0.2, 0.25) is 5.91 Å². The first-order valence-electron chi connectivity index (χ1n) is 9.94. The van der Waals surface area contributed by atoms with Crippen molar-refractivity contribution in [2.45, 2.75) is 45.2 Å². The molecule has 5 rings (SSSR count). The summed E-state index contributed by atoms with van der Waals surface area (Å²) in [6.07, 6.45) is 1.92. The lowest BCUT2D eigenvalue weighted by Crippen LogP contribution is -2.78. The van der Waals surface area contributed by atoms with Gasteiger partial charge in [0.15, 0.2) is 6.61 Å². The average molecular weight is 431 g/mol. The van der Waals surface area contributed by atoms with Crippen LogP contribution in [0.15, 0.2) is 36.4 Å². The summed E-state index contributed by atoms with van der Waals surface area (Å²) in [6.45, 7) is 4.37. The van der Waals surface area contributed by atoms with Crippen LogP contribution < -0.4 is 15.4 Å². The fourth-order valence-electron chi connectivity index (χ4n) is 4.56. The van der Waals surface area contributed by atoms with Gasteiger partial charge in [-0.15, -0.1) is 0 Å². The smallest absolute Gasteiger partial charge is 0.258 e. The average Bonchev–Trinajstić information content (AvgIpc) is 2.65. The minimum atomic E-state index is -0.595. The number of ether oxygens (including phenoxy) is 1. The van der Waals surface area contributed by atoms with Gasteiger partial charge >= 0.3 is 0 Å². The quantitative estimate of drug-likeness (QED) is 0.701. The fourth-order valence-corrected chi connectivity index (χ4v) is 4.68. The molecule has 0 atom stereocenters. The number of carbonyl (C=O) groups is 2. The predicted molar refractivity (Wildman–Crippen MR) is 112 cm³/mol. The van der Waals surface area contributed by atoms with Crippen molar-refractivity contribution in [2.75, 3.05) is 6.61 Å². The Morgan fingerprint density at radius 3 is 2.57 bits per heavy atom. The van der Waals surface area contributed by atoms with Gasteiger partial charge in [-0.1, -0.05) is 35.4 Å². The fraction of sp³-hybridized carbons (Fsp3) is 0.391. The Hall–Kier alpha value is -2.60. The van der Waals surface area contributed by atoms with Gasteiger partial charge < -0.3 is 15.4 Å².